The first kappa shape index (κ1) is 45.1. The molecule has 4 aromatic carbocycles. The highest BCUT2D eigenvalue weighted by molar-refractivity contribution is 7.16. The topological polar surface area (TPSA) is 51.2 Å². The molecule has 2 atom stereocenters. The molecule has 0 bridgehead atoms. The third-order valence-electron chi connectivity index (χ3n) is 13.7. The second-order valence-corrected chi connectivity index (χ2v) is 21.5. The molecule has 6 aromatic rings. The molecule has 2 heterocycles. The van der Waals surface area contributed by atoms with Gasteiger partial charge in [-0.25, -0.2) is 0 Å². The fourth-order valence-electron chi connectivity index (χ4n) is 10.5. The van der Waals surface area contributed by atoms with E-state index in [1.807, 2.05) is 18.2 Å². The van der Waals surface area contributed by atoms with Crippen molar-refractivity contribution in [1.29, 1.82) is 0 Å². The van der Waals surface area contributed by atoms with Crippen LogP contribution in [0.25, 0.3) is 44.2 Å². The summed E-state index contributed by atoms with van der Waals surface area (Å²) in [5, 5.41) is 1.37. The van der Waals surface area contributed by atoms with E-state index >= 15 is 0 Å². The van der Waals surface area contributed by atoms with Crippen molar-refractivity contribution in [1.82, 2.24) is 0 Å². The second kappa shape index (κ2) is 18.3. The largest absolute Gasteiger partial charge is 0.289 e. The van der Waals surface area contributed by atoms with Crippen molar-refractivity contribution >= 4 is 98.6 Å². The average molecular weight is 963 g/mol. The molecule has 3 aliphatic carbocycles. The minimum absolute atomic E-state index is 0.00961. The van der Waals surface area contributed by atoms with Gasteiger partial charge >= 0.3 is 0 Å². The van der Waals surface area contributed by atoms with E-state index in [4.69, 9.17) is 46.4 Å². The minimum Gasteiger partial charge on any atom is -0.289 e. The monoisotopic (exact) mass is 960 g/mol. The number of carbonyl (C=O) groups is 3. The van der Waals surface area contributed by atoms with E-state index in [-0.39, 0.29) is 38.4 Å². The van der Waals surface area contributed by atoms with Crippen molar-refractivity contribution in [2.24, 2.45) is 11.8 Å². The van der Waals surface area contributed by atoms with E-state index in [1.165, 1.54) is 57.7 Å². The molecule has 0 N–H and O–H groups in total. The molecule has 0 saturated carbocycles. The highest BCUT2D eigenvalue weighted by Crippen LogP contribution is 2.58. The Morgan fingerprint density at radius 1 is 0.547 bits per heavy atom. The molecule has 0 aliphatic heterocycles. The van der Waals surface area contributed by atoms with Crippen molar-refractivity contribution in [3.63, 3.8) is 0 Å². The van der Waals surface area contributed by atoms with Crippen molar-refractivity contribution in [2.75, 3.05) is 0 Å². The van der Waals surface area contributed by atoms with Gasteiger partial charge in [-0.3, -0.25) is 14.4 Å². The standard InChI is InChI=1S/C55H48Cl4O3S2/c1-5-9-30(7-3)28-55(29-31(8-4)10-6-2)44-21-32(50-17-13-36(63-50)20-35-19-34-23-46(56)47(57)25-40(34)52(35)60)11-15-38(44)39-16-12-33(22-45(39)55)51-18-14-37(64-51)24-43-53(61)41-26-48(58)49(59)27-42(41)54(43)62/h11-18,20-27,30-31H,5-10,19,28-29H2,1-4H3/b35-20-. The Balaban J connectivity index is 1.11. The predicted molar refractivity (Wildman–Crippen MR) is 271 cm³/mol. The lowest BCUT2D eigenvalue weighted by atomic mass is 9.65. The number of thiophene rings is 2. The smallest absolute Gasteiger partial charge is 0.197 e. The normalized spacial score (nSPS) is 17.8. The summed E-state index contributed by atoms with van der Waals surface area (Å²) < 4.78 is 0. The molecule has 2 aromatic heterocycles. The van der Waals surface area contributed by atoms with Gasteiger partial charge in [-0.05, 0) is 136 Å². The fraction of sp³-hybridized carbons (Fsp3) is 0.291. The van der Waals surface area contributed by atoms with E-state index in [1.54, 1.807) is 34.8 Å². The lowest BCUT2D eigenvalue weighted by molar-refractivity contribution is 0.0988. The molecule has 0 fully saturated rings. The Morgan fingerprint density at radius 2 is 1.02 bits per heavy atom. The molecule has 0 spiro atoms. The Kier molecular flexibility index (Phi) is 12.9. The molecule has 64 heavy (non-hydrogen) atoms. The number of hydrogen-bond acceptors (Lipinski definition) is 5. The molecule has 0 radical (unpaired) electrons. The van der Waals surface area contributed by atoms with Crippen LogP contribution in [0.1, 0.15) is 137 Å². The third kappa shape index (κ3) is 8.13. The number of hydrogen-bond donors (Lipinski definition) is 0. The van der Waals surface area contributed by atoms with Crippen molar-refractivity contribution in [3.8, 4) is 32.0 Å². The Morgan fingerprint density at radius 3 is 1.50 bits per heavy atom. The van der Waals surface area contributed by atoms with Gasteiger partial charge in [0, 0.05) is 53.6 Å². The lowest BCUT2D eigenvalue weighted by Crippen LogP contribution is -2.31. The Hall–Kier alpha value is -4.07. The number of benzene rings is 4. The molecular formula is C55H48Cl4O3S2. The van der Waals surface area contributed by atoms with E-state index in [2.05, 4.69) is 82.3 Å². The van der Waals surface area contributed by atoms with E-state index in [9.17, 15) is 14.4 Å². The van der Waals surface area contributed by atoms with Crippen molar-refractivity contribution in [2.45, 2.75) is 90.9 Å². The summed E-state index contributed by atoms with van der Waals surface area (Å²) in [7, 11) is 0. The van der Waals surface area contributed by atoms with Crippen LogP contribution in [-0.4, -0.2) is 17.3 Å². The molecule has 3 nitrogen and oxygen atoms in total. The van der Waals surface area contributed by atoms with Crippen LogP contribution in [0.5, 0.6) is 0 Å². The highest BCUT2D eigenvalue weighted by Gasteiger charge is 2.46. The van der Waals surface area contributed by atoms with Crippen LogP contribution < -0.4 is 0 Å². The summed E-state index contributed by atoms with van der Waals surface area (Å²) in [5.41, 5.74) is 10.6. The van der Waals surface area contributed by atoms with Gasteiger partial charge < -0.3 is 0 Å². The first-order chi connectivity index (χ1) is 30.9. The van der Waals surface area contributed by atoms with Crippen LogP contribution in [0.4, 0.5) is 0 Å². The summed E-state index contributed by atoms with van der Waals surface area (Å²) in [5.74, 6) is 0.470. The van der Waals surface area contributed by atoms with E-state index in [0.29, 0.717) is 45.0 Å². The summed E-state index contributed by atoms with van der Waals surface area (Å²) in [6.07, 6.45) is 13.3. The Bertz CT molecular complexity index is 2890. The second-order valence-electron chi connectivity index (χ2n) is 17.7. The maximum atomic E-state index is 13.4. The number of ketones is 3. The molecule has 0 amide bonds. The molecule has 0 saturated heterocycles. The number of carbonyl (C=O) groups excluding carboxylic acids is 3. The number of rotatable bonds is 14. The maximum absolute atomic E-state index is 13.4. The van der Waals surface area contributed by atoms with Gasteiger partial charge in [0.05, 0.1) is 25.7 Å². The zero-order valence-corrected chi connectivity index (χ0v) is 41.0. The van der Waals surface area contributed by atoms with E-state index < -0.39 is 0 Å². The average Bonchev–Trinajstić information content (AvgIpc) is 4.11. The molecule has 9 heteroatoms. The summed E-state index contributed by atoms with van der Waals surface area (Å²) >= 11 is 28.4. The van der Waals surface area contributed by atoms with Crippen LogP contribution in [-0.2, 0) is 11.8 Å². The van der Waals surface area contributed by atoms with E-state index in [0.717, 1.165) is 69.9 Å². The maximum Gasteiger partial charge on any atom is 0.197 e. The highest BCUT2D eigenvalue weighted by atomic mass is 35.5. The van der Waals surface area contributed by atoms with Crippen molar-refractivity contribution < 1.29 is 14.4 Å². The van der Waals surface area contributed by atoms with Gasteiger partial charge in [-0.15, -0.1) is 22.7 Å². The van der Waals surface area contributed by atoms with Gasteiger partial charge in [0.2, 0.25) is 0 Å². The number of halogens is 4. The van der Waals surface area contributed by atoms with Crippen LogP contribution in [0.2, 0.25) is 20.1 Å². The number of Topliss-reactive ketones (excluding diaryl/α,β-unsaturated/α-hetero) is 3. The van der Waals surface area contributed by atoms with Gasteiger partial charge in [-0.2, -0.15) is 0 Å². The predicted octanol–water partition coefficient (Wildman–Crippen LogP) is 17.7. The first-order valence-corrected chi connectivity index (χ1v) is 25.5. The summed E-state index contributed by atoms with van der Waals surface area (Å²) in [4.78, 5) is 44.4. The summed E-state index contributed by atoms with van der Waals surface area (Å²) in [6.45, 7) is 9.31. The van der Waals surface area contributed by atoms with Crippen LogP contribution in [0.3, 0.4) is 0 Å². The van der Waals surface area contributed by atoms with Crippen LogP contribution in [0, 0.1) is 11.8 Å². The van der Waals surface area contributed by atoms with Crippen LogP contribution in [0.15, 0.2) is 96.1 Å². The zero-order valence-electron chi connectivity index (χ0n) is 36.3. The molecule has 2 unspecified atom stereocenters. The zero-order chi connectivity index (χ0) is 45.0. The molecule has 3 aliphatic rings. The third-order valence-corrected chi connectivity index (χ3v) is 17.3. The molecule has 326 valence electrons. The first-order valence-electron chi connectivity index (χ1n) is 22.4. The summed E-state index contributed by atoms with van der Waals surface area (Å²) in [6, 6.07) is 29.0. The van der Waals surface area contributed by atoms with Crippen LogP contribution >= 0.6 is 69.1 Å². The number of allylic oxidation sites excluding steroid dienone is 2. The lowest BCUT2D eigenvalue weighted by Gasteiger charge is -2.39. The number of fused-ring (bicyclic) bond motifs is 5. The fourth-order valence-corrected chi connectivity index (χ4v) is 13.1. The van der Waals surface area contributed by atoms with Gasteiger partial charge in [0.1, 0.15) is 0 Å². The van der Waals surface area contributed by atoms with Gasteiger partial charge in [-0.1, -0.05) is 137 Å². The molecular weight excluding hydrogens is 915 g/mol. The quantitative estimate of drug-likeness (QED) is 0.0807. The van der Waals surface area contributed by atoms with Gasteiger partial charge in [0.15, 0.2) is 17.3 Å². The Labute approximate surface area is 404 Å². The minimum atomic E-state index is -0.328. The van der Waals surface area contributed by atoms with Gasteiger partial charge in [0.25, 0.3) is 0 Å². The van der Waals surface area contributed by atoms with Crippen molar-refractivity contribution in [3.05, 3.63) is 159 Å². The molecule has 9 rings (SSSR count). The SMILES string of the molecule is CCCC(CC)CC1(CC(CC)CCC)c2cc(-c3ccc(C=C4C(=O)c5cc(Cl)c(Cl)cc5C4=O)s3)ccc2-c2ccc(-c3ccc(/C=C4/Cc5cc(Cl)c(Cl)cc5C4=O)s3)cc21.